The highest BCUT2D eigenvalue weighted by molar-refractivity contribution is 7.92. The monoisotopic (exact) mass is 404 g/mol. The average molecular weight is 404 g/mol. The Bertz CT molecular complexity index is 1040. The van der Waals surface area contributed by atoms with Gasteiger partial charge in [-0.15, -0.1) is 0 Å². The molecule has 3 atom stereocenters. The molecule has 148 valence electrons. The van der Waals surface area contributed by atoms with Crippen LogP contribution in [-0.4, -0.2) is 32.4 Å². The van der Waals surface area contributed by atoms with Crippen LogP contribution in [0.2, 0.25) is 0 Å². The number of rotatable bonds is 3. The Hall–Kier alpha value is -2.45. The average Bonchev–Trinajstić information content (AvgIpc) is 2.93. The molecule has 1 fully saturated rings. The Morgan fingerprint density at radius 1 is 1.25 bits per heavy atom. The van der Waals surface area contributed by atoms with Crippen LogP contribution in [0.25, 0.3) is 0 Å². The first kappa shape index (κ1) is 18.9. The third kappa shape index (κ3) is 2.87. The molecule has 0 radical (unpaired) electrons. The van der Waals surface area contributed by atoms with Crippen LogP contribution in [0.3, 0.4) is 0 Å². The van der Waals surface area contributed by atoms with Gasteiger partial charge in [0.1, 0.15) is 5.82 Å². The van der Waals surface area contributed by atoms with Gasteiger partial charge in [-0.3, -0.25) is 4.79 Å². The molecule has 6 nitrogen and oxygen atoms in total. The molecule has 1 spiro atoms. The summed E-state index contributed by atoms with van der Waals surface area (Å²) in [5.41, 5.74) is 6.02. The quantitative estimate of drug-likeness (QED) is 0.766. The second-order valence-electron chi connectivity index (χ2n) is 7.40. The smallest absolute Gasteiger partial charge is 0.248 e. The second kappa shape index (κ2) is 6.56. The van der Waals surface area contributed by atoms with Gasteiger partial charge < -0.3 is 15.8 Å². The lowest BCUT2D eigenvalue weighted by molar-refractivity contribution is 0.0211. The van der Waals surface area contributed by atoms with Crippen molar-refractivity contribution in [2.24, 2.45) is 5.73 Å². The Labute approximate surface area is 162 Å². The first-order valence-corrected chi connectivity index (χ1v) is 10.6. The first-order chi connectivity index (χ1) is 13.2. The molecule has 28 heavy (non-hydrogen) atoms. The molecular formula is C20H21FN2O4S. The predicted molar refractivity (Wildman–Crippen MR) is 102 cm³/mol. The van der Waals surface area contributed by atoms with E-state index >= 15 is 0 Å². The lowest BCUT2D eigenvalue weighted by Gasteiger charge is -2.41. The number of ether oxygens (including phenoxy) is 1. The fourth-order valence-corrected chi connectivity index (χ4v) is 5.90. The van der Waals surface area contributed by atoms with Gasteiger partial charge in [-0.25, -0.2) is 12.8 Å². The van der Waals surface area contributed by atoms with Crippen LogP contribution in [0.15, 0.2) is 47.4 Å². The van der Waals surface area contributed by atoms with Crippen molar-refractivity contribution in [3.63, 3.8) is 0 Å². The highest BCUT2D eigenvalue weighted by atomic mass is 32.2. The van der Waals surface area contributed by atoms with Crippen LogP contribution in [0.1, 0.15) is 35.7 Å². The lowest BCUT2D eigenvalue weighted by Crippen LogP contribution is -2.47. The number of amides is 1. The number of hydrogen-bond donors (Lipinski definition) is 2. The van der Waals surface area contributed by atoms with E-state index in [1.807, 2.05) is 6.92 Å². The van der Waals surface area contributed by atoms with E-state index < -0.39 is 32.4 Å². The fraction of sp³-hybridized carbons (Fsp3) is 0.350. The second-order valence-corrected chi connectivity index (χ2v) is 9.49. The third-order valence-electron chi connectivity index (χ3n) is 5.91. The van der Waals surface area contributed by atoms with Gasteiger partial charge in [-0.2, -0.15) is 0 Å². The Kier molecular flexibility index (Phi) is 4.43. The number of nitrogens with one attached hydrogen (secondary N) is 1. The number of sulfone groups is 1. The van der Waals surface area contributed by atoms with Crippen molar-refractivity contribution in [1.29, 1.82) is 0 Å². The molecule has 2 aromatic carbocycles. The van der Waals surface area contributed by atoms with Crippen LogP contribution in [0, 0.1) is 5.82 Å². The molecule has 1 saturated heterocycles. The maximum Gasteiger partial charge on any atom is 0.248 e. The van der Waals surface area contributed by atoms with E-state index in [9.17, 15) is 17.6 Å². The minimum absolute atomic E-state index is 0.0284. The minimum atomic E-state index is -3.80. The van der Waals surface area contributed by atoms with Crippen molar-refractivity contribution < 1.29 is 22.3 Å². The third-order valence-corrected chi connectivity index (χ3v) is 7.84. The van der Waals surface area contributed by atoms with E-state index in [4.69, 9.17) is 10.5 Å². The number of benzene rings is 2. The van der Waals surface area contributed by atoms with E-state index in [1.165, 1.54) is 12.1 Å². The van der Waals surface area contributed by atoms with Crippen molar-refractivity contribution in [2.45, 2.75) is 41.6 Å². The van der Waals surface area contributed by atoms with E-state index in [-0.39, 0.29) is 24.0 Å². The summed E-state index contributed by atoms with van der Waals surface area (Å²) in [5, 5.41) is 3.39. The van der Waals surface area contributed by atoms with Gasteiger partial charge in [0.2, 0.25) is 15.7 Å². The largest absolute Gasteiger partial charge is 0.381 e. The summed E-state index contributed by atoms with van der Waals surface area (Å²) >= 11 is 0. The van der Waals surface area contributed by atoms with Crippen LogP contribution >= 0.6 is 0 Å². The molecule has 0 aliphatic carbocycles. The molecule has 2 aromatic rings. The number of hydrogen-bond acceptors (Lipinski definition) is 5. The molecule has 0 aromatic heterocycles. The zero-order chi connectivity index (χ0) is 20.1. The van der Waals surface area contributed by atoms with Gasteiger partial charge in [-0.05, 0) is 61.4 Å². The van der Waals surface area contributed by atoms with Crippen LogP contribution in [-0.2, 0) is 20.0 Å². The predicted octanol–water partition coefficient (Wildman–Crippen LogP) is 2.59. The topological polar surface area (TPSA) is 98.5 Å². The maximum absolute atomic E-state index is 13.2. The van der Waals surface area contributed by atoms with Crippen molar-refractivity contribution in [2.75, 3.05) is 11.9 Å². The molecule has 1 amide bonds. The molecular weight excluding hydrogens is 383 g/mol. The summed E-state index contributed by atoms with van der Waals surface area (Å²) in [4.78, 5) is 11.7. The molecule has 2 heterocycles. The van der Waals surface area contributed by atoms with Crippen LogP contribution < -0.4 is 11.1 Å². The summed E-state index contributed by atoms with van der Waals surface area (Å²) < 4.78 is 45.0. The number of carbonyl (C=O) groups is 1. The minimum Gasteiger partial charge on any atom is -0.381 e. The van der Waals surface area contributed by atoms with Gasteiger partial charge in [0, 0.05) is 35.7 Å². The summed E-state index contributed by atoms with van der Waals surface area (Å²) in [7, 11) is -3.80. The lowest BCUT2D eigenvalue weighted by atomic mass is 9.71. The molecule has 2 aliphatic rings. The summed E-state index contributed by atoms with van der Waals surface area (Å²) in [6.07, 6.45) is 0.849. The van der Waals surface area contributed by atoms with Gasteiger partial charge in [-0.1, -0.05) is 0 Å². The normalized spacial score (nSPS) is 26.6. The number of nitrogens with two attached hydrogens (primary N) is 1. The molecule has 0 bridgehead atoms. The number of carbonyl (C=O) groups excluding carboxylic acids is 1. The zero-order valence-electron chi connectivity index (χ0n) is 15.3. The summed E-state index contributed by atoms with van der Waals surface area (Å²) in [5.74, 6) is -1.03. The van der Waals surface area contributed by atoms with E-state index in [0.717, 1.165) is 23.4 Å². The van der Waals surface area contributed by atoms with E-state index in [2.05, 4.69) is 5.32 Å². The first-order valence-electron chi connectivity index (χ1n) is 9.06. The molecule has 3 unspecified atom stereocenters. The maximum atomic E-state index is 13.2. The van der Waals surface area contributed by atoms with Crippen molar-refractivity contribution in [3.05, 3.63) is 59.4 Å². The van der Waals surface area contributed by atoms with Crippen molar-refractivity contribution in [3.8, 4) is 0 Å². The molecule has 0 saturated carbocycles. The Morgan fingerprint density at radius 2 is 1.96 bits per heavy atom. The SMILES string of the molecule is CC1Nc2ccc(C(N)=O)cc2C12CCOC(S(=O)(=O)c1ccc(F)cc1)C2. The fourth-order valence-electron chi connectivity index (χ4n) is 4.28. The summed E-state index contributed by atoms with van der Waals surface area (Å²) in [6.45, 7) is 2.26. The van der Waals surface area contributed by atoms with Gasteiger partial charge in [0.15, 0.2) is 5.44 Å². The molecule has 2 aliphatic heterocycles. The van der Waals surface area contributed by atoms with E-state index in [1.54, 1.807) is 18.2 Å². The van der Waals surface area contributed by atoms with E-state index in [0.29, 0.717) is 12.0 Å². The van der Waals surface area contributed by atoms with Crippen molar-refractivity contribution >= 4 is 21.4 Å². The summed E-state index contributed by atoms with van der Waals surface area (Å²) in [6, 6.07) is 9.93. The van der Waals surface area contributed by atoms with Crippen molar-refractivity contribution in [1.82, 2.24) is 0 Å². The highest BCUT2D eigenvalue weighted by Crippen LogP contribution is 2.50. The van der Waals surface area contributed by atoms with Gasteiger partial charge >= 0.3 is 0 Å². The number of anilines is 1. The van der Waals surface area contributed by atoms with Gasteiger partial charge in [0.25, 0.3) is 0 Å². The molecule has 8 heteroatoms. The standard InChI is InChI=1S/C20H21FN2O4S/c1-12-20(16-10-13(19(22)24)2-7-17(16)23-12)8-9-27-18(11-20)28(25,26)15-5-3-14(21)4-6-15/h2-7,10,12,18,23H,8-9,11H2,1H3,(H2,22,24). The van der Waals surface area contributed by atoms with Gasteiger partial charge in [0.05, 0.1) is 4.90 Å². The van der Waals surface area contributed by atoms with Crippen LogP contribution in [0.5, 0.6) is 0 Å². The zero-order valence-corrected chi connectivity index (χ0v) is 16.1. The molecule has 4 rings (SSSR count). The van der Waals surface area contributed by atoms with Crippen LogP contribution in [0.4, 0.5) is 10.1 Å². The molecule has 3 N–H and O–H groups in total. The number of fused-ring (bicyclic) bond motifs is 2. The number of primary amides is 1. The highest BCUT2D eigenvalue weighted by Gasteiger charge is 2.51. The Morgan fingerprint density at radius 3 is 2.64 bits per heavy atom. The Balaban J connectivity index is 1.74. The number of halogens is 1.